The summed E-state index contributed by atoms with van der Waals surface area (Å²) in [6.07, 6.45) is 6.26. The van der Waals surface area contributed by atoms with Crippen LogP contribution < -0.4 is 16.4 Å². The lowest BCUT2D eigenvalue weighted by molar-refractivity contribution is 0.899. The van der Waals surface area contributed by atoms with Gasteiger partial charge in [-0.15, -0.1) is 0 Å². The summed E-state index contributed by atoms with van der Waals surface area (Å²) in [5, 5.41) is 6.55. The number of pyridine rings is 1. The molecule has 4 N–H and O–H groups in total. The molecule has 0 fully saturated rings. The van der Waals surface area contributed by atoms with Crippen molar-refractivity contribution in [1.82, 2.24) is 15.0 Å². The van der Waals surface area contributed by atoms with Crippen molar-refractivity contribution in [3.63, 3.8) is 0 Å². The second kappa shape index (κ2) is 6.53. The Morgan fingerprint density at radius 3 is 2.84 bits per heavy atom. The highest BCUT2D eigenvalue weighted by atomic mass is 15.1. The van der Waals surface area contributed by atoms with Crippen molar-refractivity contribution in [2.45, 2.75) is 13.3 Å². The van der Waals surface area contributed by atoms with E-state index in [9.17, 15) is 0 Å². The number of anilines is 3. The molecule has 0 aliphatic heterocycles. The van der Waals surface area contributed by atoms with Gasteiger partial charge in [-0.3, -0.25) is 4.98 Å². The predicted octanol–water partition coefficient (Wildman–Crippen LogP) is 1.68. The smallest absolute Gasteiger partial charge is 0.221 e. The van der Waals surface area contributed by atoms with E-state index in [0.29, 0.717) is 5.95 Å². The Labute approximate surface area is 112 Å². The van der Waals surface area contributed by atoms with Gasteiger partial charge in [-0.25, -0.2) is 4.98 Å². The first-order valence-electron chi connectivity index (χ1n) is 6.22. The second-order valence-corrected chi connectivity index (χ2v) is 4.21. The van der Waals surface area contributed by atoms with Gasteiger partial charge in [0.15, 0.2) is 0 Å². The van der Waals surface area contributed by atoms with Crippen LogP contribution in [0.1, 0.15) is 12.0 Å². The zero-order valence-electron chi connectivity index (χ0n) is 10.9. The van der Waals surface area contributed by atoms with Crippen LogP contribution in [0, 0.1) is 6.92 Å². The van der Waals surface area contributed by atoms with Crippen LogP contribution in [0.5, 0.6) is 0 Å². The molecular formula is C13H18N6. The van der Waals surface area contributed by atoms with E-state index in [4.69, 9.17) is 5.73 Å². The molecule has 2 aromatic heterocycles. The Balaban J connectivity index is 1.71. The molecule has 2 aromatic rings. The van der Waals surface area contributed by atoms with Crippen LogP contribution in [0.2, 0.25) is 0 Å². The first-order valence-corrected chi connectivity index (χ1v) is 6.22. The van der Waals surface area contributed by atoms with Crippen molar-refractivity contribution >= 4 is 17.5 Å². The average Bonchev–Trinajstić information content (AvgIpc) is 2.43. The largest absolute Gasteiger partial charge is 0.384 e. The SMILES string of the molecule is Cc1cnc(N)nc1NCCCNc1cccnc1. The molecule has 0 saturated carbocycles. The molecule has 0 spiro atoms. The second-order valence-electron chi connectivity index (χ2n) is 4.21. The van der Waals surface area contributed by atoms with Gasteiger partial charge in [0.05, 0.1) is 5.69 Å². The molecule has 0 aromatic carbocycles. The maximum atomic E-state index is 5.55. The molecule has 0 saturated heterocycles. The Hall–Kier alpha value is -2.37. The molecule has 100 valence electrons. The first kappa shape index (κ1) is 13.1. The third kappa shape index (κ3) is 4.09. The Morgan fingerprint density at radius 2 is 2.05 bits per heavy atom. The quantitative estimate of drug-likeness (QED) is 0.683. The fraction of sp³-hybridized carbons (Fsp3) is 0.308. The molecule has 6 heteroatoms. The Morgan fingerprint density at radius 1 is 1.21 bits per heavy atom. The van der Waals surface area contributed by atoms with E-state index in [0.717, 1.165) is 36.6 Å². The van der Waals surface area contributed by atoms with Crippen molar-refractivity contribution in [1.29, 1.82) is 0 Å². The van der Waals surface area contributed by atoms with E-state index in [1.54, 1.807) is 12.4 Å². The highest BCUT2D eigenvalue weighted by molar-refractivity contribution is 5.45. The molecule has 0 amide bonds. The highest BCUT2D eigenvalue weighted by Crippen LogP contribution is 2.10. The van der Waals surface area contributed by atoms with Gasteiger partial charge >= 0.3 is 0 Å². The van der Waals surface area contributed by atoms with Gasteiger partial charge in [0.2, 0.25) is 5.95 Å². The van der Waals surface area contributed by atoms with Gasteiger partial charge in [-0.05, 0) is 25.5 Å². The van der Waals surface area contributed by atoms with E-state index in [-0.39, 0.29) is 0 Å². The minimum atomic E-state index is 0.293. The third-order valence-electron chi connectivity index (χ3n) is 2.63. The van der Waals surface area contributed by atoms with Crippen molar-refractivity contribution in [2.75, 3.05) is 29.5 Å². The molecule has 2 heterocycles. The number of nitrogens with two attached hydrogens (primary N) is 1. The van der Waals surface area contributed by atoms with Crippen molar-refractivity contribution in [2.24, 2.45) is 0 Å². The molecule has 0 bridgehead atoms. The van der Waals surface area contributed by atoms with Gasteiger partial charge in [-0.2, -0.15) is 4.98 Å². The van der Waals surface area contributed by atoms with Crippen LogP contribution in [0.25, 0.3) is 0 Å². The van der Waals surface area contributed by atoms with Crippen molar-refractivity contribution in [3.05, 3.63) is 36.3 Å². The van der Waals surface area contributed by atoms with Crippen molar-refractivity contribution in [3.8, 4) is 0 Å². The summed E-state index contributed by atoms with van der Waals surface area (Å²) in [6, 6.07) is 3.91. The molecule has 19 heavy (non-hydrogen) atoms. The average molecular weight is 258 g/mol. The van der Waals surface area contributed by atoms with Crippen molar-refractivity contribution < 1.29 is 0 Å². The van der Waals surface area contributed by atoms with Gasteiger partial charge in [-0.1, -0.05) is 0 Å². The summed E-state index contributed by atoms with van der Waals surface area (Å²) in [5.74, 6) is 1.09. The lowest BCUT2D eigenvalue weighted by Crippen LogP contribution is -2.11. The zero-order valence-corrected chi connectivity index (χ0v) is 10.9. The maximum absolute atomic E-state index is 5.55. The summed E-state index contributed by atoms with van der Waals surface area (Å²) in [6.45, 7) is 3.65. The van der Waals surface area contributed by atoms with Gasteiger partial charge in [0.1, 0.15) is 5.82 Å². The van der Waals surface area contributed by atoms with Gasteiger partial charge in [0, 0.05) is 37.2 Å². The van der Waals surface area contributed by atoms with E-state index >= 15 is 0 Å². The molecule has 0 radical (unpaired) electrons. The zero-order chi connectivity index (χ0) is 13.5. The van der Waals surface area contributed by atoms with Crippen LogP contribution in [0.3, 0.4) is 0 Å². The Bertz CT molecular complexity index is 514. The minimum absolute atomic E-state index is 0.293. The number of hydrogen-bond acceptors (Lipinski definition) is 6. The summed E-state index contributed by atoms with van der Waals surface area (Å²) in [4.78, 5) is 12.1. The molecule has 6 nitrogen and oxygen atoms in total. The van der Waals surface area contributed by atoms with E-state index < -0.39 is 0 Å². The first-order chi connectivity index (χ1) is 9.25. The van der Waals surface area contributed by atoms with Crippen LogP contribution in [0.4, 0.5) is 17.5 Å². The van der Waals surface area contributed by atoms with E-state index in [1.165, 1.54) is 0 Å². The van der Waals surface area contributed by atoms with Crippen LogP contribution in [-0.2, 0) is 0 Å². The topological polar surface area (TPSA) is 88.8 Å². The van der Waals surface area contributed by atoms with Gasteiger partial charge < -0.3 is 16.4 Å². The summed E-state index contributed by atoms with van der Waals surface area (Å²) < 4.78 is 0. The summed E-state index contributed by atoms with van der Waals surface area (Å²) in [5.41, 5.74) is 7.58. The number of aromatic nitrogens is 3. The number of nitrogens with zero attached hydrogens (tertiary/aromatic N) is 3. The van der Waals surface area contributed by atoms with Crippen LogP contribution >= 0.6 is 0 Å². The molecule has 0 atom stereocenters. The van der Waals surface area contributed by atoms with Gasteiger partial charge in [0.25, 0.3) is 0 Å². The fourth-order valence-corrected chi connectivity index (χ4v) is 1.63. The lowest BCUT2D eigenvalue weighted by Gasteiger charge is -2.09. The number of aryl methyl sites for hydroxylation is 1. The molecular weight excluding hydrogens is 240 g/mol. The molecule has 2 rings (SSSR count). The van der Waals surface area contributed by atoms with E-state index in [1.807, 2.05) is 25.3 Å². The fourth-order valence-electron chi connectivity index (χ4n) is 1.63. The third-order valence-corrected chi connectivity index (χ3v) is 2.63. The minimum Gasteiger partial charge on any atom is -0.384 e. The standard InChI is InChI=1S/C13H18N6/c1-10-8-18-13(14)19-12(10)17-7-3-6-16-11-4-2-5-15-9-11/h2,4-5,8-9,16H,3,6-7H2,1H3,(H3,14,17,18,19). The number of hydrogen-bond donors (Lipinski definition) is 3. The van der Waals surface area contributed by atoms with Crippen LogP contribution in [-0.4, -0.2) is 28.0 Å². The lowest BCUT2D eigenvalue weighted by atomic mass is 10.3. The Kier molecular flexibility index (Phi) is 4.49. The maximum Gasteiger partial charge on any atom is 0.221 e. The summed E-state index contributed by atoms with van der Waals surface area (Å²) in [7, 11) is 0. The molecule has 0 unspecified atom stereocenters. The molecule has 0 aliphatic rings. The predicted molar refractivity (Wildman–Crippen MR) is 77.0 cm³/mol. The van der Waals surface area contributed by atoms with Crippen LogP contribution in [0.15, 0.2) is 30.7 Å². The highest BCUT2D eigenvalue weighted by Gasteiger charge is 2.00. The monoisotopic (exact) mass is 258 g/mol. The van der Waals surface area contributed by atoms with E-state index in [2.05, 4.69) is 25.6 Å². The number of rotatable bonds is 6. The summed E-state index contributed by atoms with van der Waals surface area (Å²) >= 11 is 0. The molecule has 0 aliphatic carbocycles. The normalized spacial score (nSPS) is 10.2. The number of nitrogen functional groups attached to an aromatic ring is 1. The number of nitrogens with one attached hydrogen (secondary N) is 2.